The lowest BCUT2D eigenvalue weighted by Crippen LogP contribution is -2.42. The summed E-state index contributed by atoms with van der Waals surface area (Å²) in [5, 5.41) is 5.16. The minimum Gasteiger partial charge on any atom is -0.316 e. The number of hydrogen-bond acceptors (Lipinski definition) is 3. The van der Waals surface area contributed by atoms with Crippen LogP contribution < -0.4 is 5.32 Å². The first-order valence-electron chi connectivity index (χ1n) is 4.55. The molecule has 2 heterocycles. The van der Waals surface area contributed by atoms with Crippen LogP contribution in [0.5, 0.6) is 0 Å². The predicted octanol–water partition coefficient (Wildman–Crippen LogP) is 1.85. The molecule has 1 fully saturated rings. The molecular weight excluding hydrogens is 182 g/mol. The van der Waals surface area contributed by atoms with Crippen molar-refractivity contribution in [2.75, 3.05) is 13.1 Å². The monoisotopic (exact) mass is 195 g/mol. The van der Waals surface area contributed by atoms with Gasteiger partial charge in [-0.05, 0) is 37.4 Å². The molecule has 1 aliphatic heterocycles. The van der Waals surface area contributed by atoms with E-state index in [1.807, 2.05) is 18.4 Å². The average molecular weight is 195 g/mol. The fourth-order valence-corrected chi connectivity index (χ4v) is 2.26. The molecule has 1 N–H and O–H groups in total. The van der Waals surface area contributed by atoms with E-state index < -0.39 is 0 Å². The van der Waals surface area contributed by atoms with E-state index in [0.717, 1.165) is 23.5 Å². The number of nitrogens with one attached hydrogen (secondary N) is 1. The maximum atomic E-state index is 11.7. The standard InChI is InChI=1S/C10H13NOS/c1-7-9(2-3-13-7)10(12)4-8-5-11-6-8/h2-3,8,11H,4-6H2,1H3. The van der Waals surface area contributed by atoms with Gasteiger partial charge in [-0.15, -0.1) is 11.3 Å². The molecule has 1 saturated heterocycles. The molecule has 0 amide bonds. The summed E-state index contributed by atoms with van der Waals surface area (Å²) in [5.74, 6) is 0.886. The number of Topliss-reactive ketones (excluding diaryl/α,β-unsaturated/α-hetero) is 1. The van der Waals surface area contributed by atoms with Gasteiger partial charge in [0.15, 0.2) is 5.78 Å². The third kappa shape index (κ3) is 1.81. The summed E-state index contributed by atoms with van der Waals surface area (Å²) in [6.45, 7) is 4.03. The molecule has 70 valence electrons. The summed E-state index contributed by atoms with van der Waals surface area (Å²) in [7, 11) is 0. The Kier molecular flexibility index (Phi) is 2.47. The Bertz CT molecular complexity index is 314. The highest BCUT2D eigenvalue weighted by atomic mass is 32.1. The Morgan fingerprint density at radius 3 is 2.92 bits per heavy atom. The highest BCUT2D eigenvalue weighted by molar-refractivity contribution is 7.10. The zero-order chi connectivity index (χ0) is 9.26. The number of thiophene rings is 1. The number of aryl methyl sites for hydroxylation is 1. The molecule has 2 nitrogen and oxygen atoms in total. The van der Waals surface area contributed by atoms with Gasteiger partial charge in [0.1, 0.15) is 0 Å². The number of carbonyl (C=O) groups is 1. The van der Waals surface area contributed by atoms with Crippen molar-refractivity contribution in [1.82, 2.24) is 5.32 Å². The van der Waals surface area contributed by atoms with Crippen molar-refractivity contribution in [3.63, 3.8) is 0 Å². The normalized spacial score (nSPS) is 17.0. The van der Waals surface area contributed by atoms with Gasteiger partial charge in [-0.25, -0.2) is 0 Å². The van der Waals surface area contributed by atoms with Crippen molar-refractivity contribution < 1.29 is 4.79 Å². The molecule has 0 bridgehead atoms. The van der Waals surface area contributed by atoms with E-state index in [-0.39, 0.29) is 0 Å². The molecule has 2 rings (SSSR count). The summed E-state index contributed by atoms with van der Waals surface area (Å²) in [5.41, 5.74) is 0.928. The predicted molar refractivity (Wildman–Crippen MR) is 54.4 cm³/mol. The fraction of sp³-hybridized carbons (Fsp3) is 0.500. The molecule has 0 aromatic carbocycles. The van der Waals surface area contributed by atoms with Gasteiger partial charge in [0, 0.05) is 16.9 Å². The van der Waals surface area contributed by atoms with Crippen LogP contribution in [0.25, 0.3) is 0 Å². The Hall–Kier alpha value is -0.670. The quantitative estimate of drug-likeness (QED) is 0.746. The van der Waals surface area contributed by atoms with E-state index in [9.17, 15) is 4.79 Å². The molecule has 0 saturated carbocycles. The molecule has 1 aliphatic rings. The van der Waals surface area contributed by atoms with Crippen LogP contribution in [0.1, 0.15) is 21.7 Å². The van der Waals surface area contributed by atoms with Crippen LogP contribution in [0.3, 0.4) is 0 Å². The van der Waals surface area contributed by atoms with E-state index in [1.54, 1.807) is 11.3 Å². The van der Waals surface area contributed by atoms with E-state index >= 15 is 0 Å². The zero-order valence-electron chi connectivity index (χ0n) is 7.67. The molecule has 1 aromatic rings. The van der Waals surface area contributed by atoms with Crippen LogP contribution in [0, 0.1) is 12.8 Å². The summed E-state index contributed by atoms with van der Waals surface area (Å²) >= 11 is 1.65. The lowest BCUT2D eigenvalue weighted by molar-refractivity contribution is 0.0945. The molecule has 3 heteroatoms. The van der Waals surface area contributed by atoms with Crippen molar-refractivity contribution in [3.8, 4) is 0 Å². The van der Waals surface area contributed by atoms with Crippen LogP contribution in [0.4, 0.5) is 0 Å². The van der Waals surface area contributed by atoms with Crippen molar-refractivity contribution in [1.29, 1.82) is 0 Å². The molecular formula is C10H13NOS. The first kappa shape index (κ1) is 8.91. The number of hydrogen-bond donors (Lipinski definition) is 1. The highest BCUT2D eigenvalue weighted by Crippen LogP contribution is 2.20. The van der Waals surface area contributed by atoms with Gasteiger partial charge in [0.25, 0.3) is 0 Å². The third-order valence-electron chi connectivity index (χ3n) is 2.50. The van der Waals surface area contributed by atoms with Crippen molar-refractivity contribution in [2.24, 2.45) is 5.92 Å². The smallest absolute Gasteiger partial charge is 0.164 e. The van der Waals surface area contributed by atoms with E-state index in [0.29, 0.717) is 18.1 Å². The molecule has 0 unspecified atom stereocenters. The van der Waals surface area contributed by atoms with Crippen LogP contribution in [0.15, 0.2) is 11.4 Å². The van der Waals surface area contributed by atoms with Gasteiger partial charge >= 0.3 is 0 Å². The van der Waals surface area contributed by atoms with Gasteiger partial charge in [-0.1, -0.05) is 0 Å². The molecule has 0 radical (unpaired) electrons. The van der Waals surface area contributed by atoms with Gasteiger partial charge in [0.05, 0.1) is 0 Å². The van der Waals surface area contributed by atoms with E-state index in [1.165, 1.54) is 0 Å². The first-order valence-corrected chi connectivity index (χ1v) is 5.43. The van der Waals surface area contributed by atoms with Crippen LogP contribution in [-0.2, 0) is 0 Å². The zero-order valence-corrected chi connectivity index (χ0v) is 8.49. The van der Waals surface area contributed by atoms with Crippen molar-refractivity contribution >= 4 is 17.1 Å². The Labute approximate surface area is 82.0 Å². The van der Waals surface area contributed by atoms with Crippen LogP contribution >= 0.6 is 11.3 Å². The topological polar surface area (TPSA) is 29.1 Å². The average Bonchev–Trinajstić information content (AvgIpc) is 2.43. The van der Waals surface area contributed by atoms with Gasteiger partial charge in [-0.3, -0.25) is 4.79 Å². The third-order valence-corrected chi connectivity index (χ3v) is 3.34. The largest absolute Gasteiger partial charge is 0.316 e. The summed E-state index contributed by atoms with van der Waals surface area (Å²) in [6, 6.07) is 1.94. The molecule has 1 aromatic heterocycles. The van der Waals surface area contributed by atoms with Crippen LogP contribution in [-0.4, -0.2) is 18.9 Å². The Morgan fingerprint density at radius 2 is 2.46 bits per heavy atom. The second-order valence-electron chi connectivity index (χ2n) is 3.54. The fourth-order valence-electron chi connectivity index (χ4n) is 1.54. The molecule has 13 heavy (non-hydrogen) atoms. The highest BCUT2D eigenvalue weighted by Gasteiger charge is 2.21. The van der Waals surface area contributed by atoms with Crippen molar-refractivity contribution in [3.05, 3.63) is 21.9 Å². The van der Waals surface area contributed by atoms with Crippen molar-refractivity contribution in [2.45, 2.75) is 13.3 Å². The van der Waals surface area contributed by atoms with E-state index in [2.05, 4.69) is 5.32 Å². The maximum absolute atomic E-state index is 11.7. The maximum Gasteiger partial charge on any atom is 0.164 e. The second-order valence-corrected chi connectivity index (χ2v) is 4.66. The minimum atomic E-state index is 0.310. The van der Waals surface area contributed by atoms with E-state index in [4.69, 9.17) is 0 Å². The molecule has 0 atom stereocenters. The van der Waals surface area contributed by atoms with Gasteiger partial charge in [-0.2, -0.15) is 0 Å². The van der Waals surface area contributed by atoms with Crippen LogP contribution in [0.2, 0.25) is 0 Å². The Balaban J connectivity index is 2.00. The number of carbonyl (C=O) groups excluding carboxylic acids is 1. The minimum absolute atomic E-state index is 0.310. The lowest BCUT2D eigenvalue weighted by atomic mass is 9.94. The summed E-state index contributed by atoms with van der Waals surface area (Å²) in [4.78, 5) is 12.9. The second kappa shape index (κ2) is 3.60. The first-order chi connectivity index (χ1) is 6.27. The summed E-state index contributed by atoms with van der Waals surface area (Å²) < 4.78 is 0. The molecule has 0 aliphatic carbocycles. The number of ketones is 1. The lowest BCUT2D eigenvalue weighted by Gasteiger charge is -2.26. The van der Waals surface area contributed by atoms with Gasteiger partial charge in [0.2, 0.25) is 0 Å². The SMILES string of the molecule is Cc1sccc1C(=O)CC1CNC1. The molecule has 0 spiro atoms. The Morgan fingerprint density at radius 1 is 1.69 bits per heavy atom. The summed E-state index contributed by atoms with van der Waals surface area (Å²) in [6.07, 6.45) is 0.713. The van der Waals surface area contributed by atoms with Gasteiger partial charge < -0.3 is 5.32 Å². The number of rotatable bonds is 3.